The molecule has 1 fully saturated rings. The van der Waals surface area contributed by atoms with Crippen molar-refractivity contribution in [3.63, 3.8) is 0 Å². The molecule has 1 aliphatic heterocycles. The van der Waals surface area contributed by atoms with Gasteiger partial charge in [0.2, 0.25) is 11.8 Å². The van der Waals surface area contributed by atoms with Gasteiger partial charge in [0.05, 0.1) is 5.69 Å². The summed E-state index contributed by atoms with van der Waals surface area (Å²) in [6.45, 7) is 1.66. The second-order valence-electron chi connectivity index (χ2n) is 5.16. The Labute approximate surface area is 131 Å². The lowest BCUT2D eigenvalue weighted by Gasteiger charge is -2.22. The Morgan fingerprint density at radius 1 is 1.30 bits per heavy atom. The summed E-state index contributed by atoms with van der Waals surface area (Å²) in [6.07, 6.45) is 0.915. The van der Waals surface area contributed by atoms with Crippen molar-refractivity contribution < 1.29 is 27.5 Å². The maximum atomic E-state index is 13.8. The van der Waals surface area contributed by atoms with Gasteiger partial charge in [-0.2, -0.15) is 0 Å². The molecule has 0 spiro atoms. The molecular formula is C15H17F3N2O3. The molecule has 5 nitrogen and oxygen atoms in total. The molecule has 1 unspecified atom stereocenters. The summed E-state index contributed by atoms with van der Waals surface area (Å²) in [6, 6.07) is 1.73. The average Bonchev–Trinajstić information content (AvgIpc) is 3.04. The number of nitrogens with zero attached hydrogens (tertiary/aromatic N) is 1. The summed E-state index contributed by atoms with van der Waals surface area (Å²) < 4.78 is 45.3. The van der Waals surface area contributed by atoms with Crippen LogP contribution in [0.15, 0.2) is 12.1 Å². The molecule has 1 atom stereocenters. The number of anilines is 1. The number of carbonyl (C=O) groups excluding carboxylic acids is 2. The Bertz CT molecular complexity index is 604. The van der Waals surface area contributed by atoms with Gasteiger partial charge in [0.15, 0.2) is 17.5 Å². The van der Waals surface area contributed by atoms with Crippen molar-refractivity contribution in [2.45, 2.75) is 25.9 Å². The van der Waals surface area contributed by atoms with Crippen LogP contribution in [0.25, 0.3) is 0 Å². The summed E-state index contributed by atoms with van der Waals surface area (Å²) in [4.78, 5) is 24.3. The minimum Gasteiger partial charge on any atom is -0.368 e. The van der Waals surface area contributed by atoms with Gasteiger partial charge < -0.3 is 15.0 Å². The zero-order chi connectivity index (χ0) is 17.0. The van der Waals surface area contributed by atoms with E-state index >= 15 is 0 Å². The zero-order valence-corrected chi connectivity index (χ0v) is 12.6. The monoisotopic (exact) mass is 330 g/mol. The zero-order valence-electron chi connectivity index (χ0n) is 12.6. The van der Waals surface area contributed by atoms with Gasteiger partial charge in [-0.3, -0.25) is 9.59 Å². The van der Waals surface area contributed by atoms with Crippen LogP contribution in [0.2, 0.25) is 0 Å². The molecule has 0 aromatic heterocycles. The topological polar surface area (TPSA) is 58.6 Å². The van der Waals surface area contributed by atoms with Crippen LogP contribution >= 0.6 is 0 Å². The molecule has 0 saturated carbocycles. The SMILES string of the molecule is CC(=O)N(CCNC(=O)C1CCCO1)c1ccc(F)c(F)c1F. The molecule has 23 heavy (non-hydrogen) atoms. The third-order valence-corrected chi connectivity index (χ3v) is 3.54. The highest BCUT2D eigenvalue weighted by atomic mass is 19.2. The Kier molecular flexibility index (Phi) is 5.59. The minimum atomic E-state index is -1.64. The number of rotatable bonds is 5. The summed E-state index contributed by atoms with van der Waals surface area (Å²) in [7, 11) is 0. The van der Waals surface area contributed by atoms with Gasteiger partial charge in [0.1, 0.15) is 6.10 Å². The molecule has 1 aliphatic rings. The first-order valence-electron chi connectivity index (χ1n) is 7.22. The minimum absolute atomic E-state index is 0.0384. The molecule has 8 heteroatoms. The highest BCUT2D eigenvalue weighted by molar-refractivity contribution is 5.91. The Morgan fingerprint density at radius 2 is 2.04 bits per heavy atom. The molecule has 1 heterocycles. The van der Waals surface area contributed by atoms with Crippen molar-refractivity contribution in [3.05, 3.63) is 29.6 Å². The third kappa shape index (κ3) is 4.01. The highest BCUT2D eigenvalue weighted by Gasteiger charge is 2.24. The highest BCUT2D eigenvalue weighted by Crippen LogP contribution is 2.23. The predicted molar refractivity (Wildman–Crippen MR) is 76.3 cm³/mol. The predicted octanol–water partition coefficient (Wildman–Crippen LogP) is 1.75. The number of hydrogen-bond acceptors (Lipinski definition) is 3. The standard InChI is InChI=1S/C15H17F3N2O3/c1-9(21)20(11-5-4-10(16)13(17)14(11)18)7-6-19-15(22)12-3-2-8-23-12/h4-5,12H,2-3,6-8H2,1H3,(H,19,22). The number of amides is 2. The van der Waals surface area contributed by atoms with E-state index in [2.05, 4.69) is 5.32 Å². The van der Waals surface area contributed by atoms with Gasteiger partial charge in [-0.05, 0) is 25.0 Å². The summed E-state index contributed by atoms with van der Waals surface area (Å²) in [5.41, 5.74) is -0.372. The van der Waals surface area contributed by atoms with E-state index in [0.717, 1.165) is 23.5 Å². The van der Waals surface area contributed by atoms with E-state index in [4.69, 9.17) is 4.74 Å². The van der Waals surface area contributed by atoms with Crippen LogP contribution in [0.4, 0.5) is 18.9 Å². The van der Waals surface area contributed by atoms with Crippen LogP contribution in [-0.4, -0.2) is 37.6 Å². The third-order valence-electron chi connectivity index (χ3n) is 3.54. The number of ether oxygens (including phenoxy) is 1. The quantitative estimate of drug-likeness (QED) is 0.837. The first-order valence-corrected chi connectivity index (χ1v) is 7.22. The second kappa shape index (κ2) is 7.45. The molecule has 2 amide bonds. The van der Waals surface area contributed by atoms with Crippen molar-refractivity contribution in [1.29, 1.82) is 0 Å². The number of nitrogens with one attached hydrogen (secondary N) is 1. The molecule has 0 aliphatic carbocycles. The number of benzene rings is 1. The van der Waals surface area contributed by atoms with Crippen LogP contribution in [-0.2, 0) is 14.3 Å². The second-order valence-corrected chi connectivity index (χ2v) is 5.16. The smallest absolute Gasteiger partial charge is 0.249 e. The van der Waals surface area contributed by atoms with Crippen LogP contribution in [0.1, 0.15) is 19.8 Å². The van der Waals surface area contributed by atoms with Gasteiger partial charge in [-0.1, -0.05) is 0 Å². The molecule has 126 valence electrons. The Morgan fingerprint density at radius 3 is 2.65 bits per heavy atom. The van der Waals surface area contributed by atoms with Crippen LogP contribution in [0.5, 0.6) is 0 Å². The molecule has 1 N–H and O–H groups in total. The first-order chi connectivity index (χ1) is 10.9. The molecule has 1 aromatic rings. The maximum Gasteiger partial charge on any atom is 0.249 e. The van der Waals surface area contributed by atoms with Crippen LogP contribution in [0, 0.1) is 17.5 Å². The van der Waals surface area contributed by atoms with E-state index in [1.54, 1.807) is 0 Å². The van der Waals surface area contributed by atoms with Crippen molar-refractivity contribution in [2.75, 3.05) is 24.6 Å². The van der Waals surface area contributed by atoms with Gasteiger partial charge >= 0.3 is 0 Å². The van der Waals surface area contributed by atoms with E-state index in [0.29, 0.717) is 13.0 Å². The Balaban J connectivity index is 2.01. The van der Waals surface area contributed by atoms with Crippen molar-refractivity contribution in [1.82, 2.24) is 5.32 Å². The lowest BCUT2D eigenvalue weighted by molar-refractivity contribution is -0.130. The number of hydrogen-bond donors (Lipinski definition) is 1. The number of carbonyl (C=O) groups is 2. The van der Waals surface area contributed by atoms with E-state index in [-0.39, 0.29) is 24.7 Å². The largest absolute Gasteiger partial charge is 0.368 e. The summed E-state index contributed by atoms with van der Waals surface area (Å²) in [5.74, 6) is -5.28. The molecular weight excluding hydrogens is 313 g/mol. The normalized spacial score (nSPS) is 17.1. The lowest BCUT2D eigenvalue weighted by atomic mass is 10.2. The molecule has 0 bridgehead atoms. The molecule has 1 aromatic carbocycles. The fraction of sp³-hybridized carbons (Fsp3) is 0.467. The van der Waals surface area contributed by atoms with Gasteiger partial charge in [-0.25, -0.2) is 13.2 Å². The summed E-state index contributed by atoms with van der Waals surface area (Å²) >= 11 is 0. The van der Waals surface area contributed by atoms with Gasteiger partial charge in [0, 0.05) is 26.6 Å². The van der Waals surface area contributed by atoms with Crippen molar-refractivity contribution >= 4 is 17.5 Å². The fourth-order valence-corrected chi connectivity index (χ4v) is 2.36. The van der Waals surface area contributed by atoms with Gasteiger partial charge in [0.25, 0.3) is 0 Å². The fourth-order valence-electron chi connectivity index (χ4n) is 2.36. The molecule has 2 rings (SSSR count). The molecule has 0 radical (unpaired) electrons. The van der Waals surface area contributed by atoms with Crippen LogP contribution in [0.3, 0.4) is 0 Å². The van der Waals surface area contributed by atoms with E-state index in [1.807, 2.05) is 0 Å². The van der Waals surface area contributed by atoms with Gasteiger partial charge in [-0.15, -0.1) is 0 Å². The Hall–Kier alpha value is -2.09. The average molecular weight is 330 g/mol. The van der Waals surface area contributed by atoms with E-state index in [1.165, 1.54) is 6.92 Å². The van der Waals surface area contributed by atoms with E-state index in [9.17, 15) is 22.8 Å². The first kappa shape index (κ1) is 17.3. The maximum absolute atomic E-state index is 13.8. The lowest BCUT2D eigenvalue weighted by Crippen LogP contribution is -2.41. The van der Waals surface area contributed by atoms with Crippen molar-refractivity contribution in [3.8, 4) is 0 Å². The number of halogens is 3. The molecule has 1 saturated heterocycles. The van der Waals surface area contributed by atoms with Crippen LogP contribution < -0.4 is 10.2 Å². The van der Waals surface area contributed by atoms with Crippen molar-refractivity contribution in [2.24, 2.45) is 0 Å². The summed E-state index contributed by atoms with van der Waals surface area (Å²) in [5, 5.41) is 2.58. The van der Waals surface area contributed by atoms with E-state index < -0.39 is 29.5 Å².